The lowest BCUT2D eigenvalue weighted by molar-refractivity contribution is 0.590. The van der Waals surface area contributed by atoms with Crippen LogP contribution in [0.5, 0.6) is 0 Å². The molecule has 0 aromatic heterocycles. The van der Waals surface area contributed by atoms with Gasteiger partial charge in [0, 0.05) is 18.3 Å². The maximum Gasteiger partial charge on any atom is 0.0373 e. The summed E-state index contributed by atoms with van der Waals surface area (Å²) in [5, 5.41) is 7.13. The van der Waals surface area contributed by atoms with Crippen LogP contribution in [-0.4, -0.2) is 19.1 Å². The first kappa shape index (κ1) is 13.4. The molecule has 1 fully saturated rings. The van der Waals surface area contributed by atoms with Gasteiger partial charge in [-0.2, -0.15) is 0 Å². The van der Waals surface area contributed by atoms with Gasteiger partial charge in [0.05, 0.1) is 0 Å². The second-order valence-electron chi connectivity index (χ2n) is 6.45. The van der Waals surface area contributed by atoms with Crippen molar-refractivity contribution in [2.75, 3.05) is 18.4 Å². The maximum absolute atomic E-state index is 3.60. The molecule has 1 aliphatic rings. The van der Waals surface area contributed by atoms with Crippen LogP contribution in [0.1, 0.15) is 44.7 Å². The number of hydrogen-bond donors (Lipinski definition) is 2. The minimum Gasteiger partial charge on any atom is -0.383 e. The second kappa shape index (κ2) is 5.31. The molecule has 0 amide bonds. The smallest absolute Gasteiger partial charge is 0.0373 e. The van der Waals surface area contributed by atoms with E-state index < -0.39 is 0 Å². The lowest BCUT2D eigenvalue weighted by Crippen LogP contribution is -2.29. The highest BCUT2D eigenvalue weighted by Crippen LogP contribution is 2.27. The van der Waals surface area contributed by atoms with Gasteiger partial charge >= 0.3 is 0 Å². The summed E-state index contributed by atoms with van der Waals surface area (Å²) >= 11 is 0. The van der Waals surface area contributed by atoms with Gasteiger partial charge in [-0.05, 0) is 48.9 Å². The van der Waals surface area contributed by atoms with Crippen LogP contribution in [-0.2, 0) is 5.41 Å². The molecule has 2 heteroatoms. The lowest BCUT2D eigenvalue weighted by atomic mass is 9.86. The highest BCUT2D eigenvalue weighted by Gasteiger charge is 2.16. The van der Waals surface area contributed by atoms with Gasteiger partial charge < -0.3 is 10.6 Å². The highest BCUT2D eigenvalue weighted by atomic mass is 15.0. The van der Waals surface area contributed by atoms with Crippen LogP contribution >= 0.6 is 0 Å². The predicted octanol–water partition coefficient (Wildman–Crippen LogP) is 3.46. The van der Waals surface area contributed by atoms with Crippen molar-refractivity contribution in [3.63, 3.8) is 0 Å². The van der Waals surface area contributed by atoms with Crippen molar-refractivity contribution in [2.45, 2.75) is 52.0 Å². The molecular formula is C16H26N2. The third-order valence-electron chi connectivity index (χ3n) is 3.80. The summed E-state index contributed by atoms with van der Waals surface area (Å²) in [6, 6.07) is 7.42. The lowest BCUT2D eigenvalue weighted by Gasteiger charge is -2.22. The largest absolute Gasteiger partial charge is 0.383 e. The Morgan fingerprint density at radius 2 is 2.11 bits per heavy atom. The average molecular weight is 246 g/mol. The van der Waals surface area contributed by atoms with Crippen molar-refractivity contribution < 1.29 is 0 Å². The van der Waals surface area contributed by atoms with Crippen LogP contribution in [0.2, 0.25) is 0 Å². The van der Waals surface area contributed by atoms with Crippen LogP contribution < -0.4 is 10.6 Å². The minimum absolute atomic E-state index is 0.218. The Morgan fingerprint density at radius 3 is 2.72 bits per heavy atom. The molecule has 0 saturated carbocycles. The molecule has 0 radical (unpaired) electrons. The topological polar surface area (TPSA) is 24.1 Å². The molecule has 1 aromatic rings. The van der Waals surface area contributed by atoms with Gasteiger partial charge in [0.15, 0.2) is 0 Å². The maximum atomic E-state index is 3.60. The molecule has 1 aliphatic heterocycles. The highest BCUT2D eigenvalue weighted by molar-refractivity contribution is 5.54. The number of rotatable bonds is 3. The molecule has 0 aliphatic carbocycles. The fraction of sp³-hybridized carbons (Fsp3) is 0.625. The summed E-state index contributed by atoms with van der Waals surface area (Å²) in [6.07, 6.45) is 2.61. The zero-order valence-electron chi connectivity index (χ0n) is 12.1. The Bertz CT molecular complexity index is 398. The summed E-state index contributed by atoms with van der Waals surface area (Å²) < 4.78 is 0. The van der Waals surface area contributed by atoms with E-state index >= 15 is 0 Å². The van der Waals surface area contributed by atoms with Gasteiger partial charge in [-0.1, -0.05) is 32.9 Å². The van der Waals surface area contributed by atoms with Crippen LogP contribution in [0, 0.1) is 6.92 Å². The Labute approximate surface area is 111 Å². The normalized spacial score (nSPS) is 20.1. The van der Waals surface area contributed by atoms with E-state index in [-0.39, 0.29) is 5.41 Å². The third-order valence-corrected chi connectivity index (χ3v) is 3.80. The van der Waals surface area contributed by atoms with Crippen molar-refractivity contribution in [2.24, 2.45) is 0 Å². The number of hydrogen-bond acceptors (Lipinski definition) is 2. The molecule has 1 heterocycles. The third kappa shape index (κ3) is 3.26. The molecule has 100 valence electrons. The van der Waals surface area contributed by atoms with E-state index in [9.17, 15) is 0 Å². The molecule has 2 rings (SSSR count). The fourth-order valence-corrected chi connectivity index (χ4v) is 2.44. The number of nitrogens with one attached hydrogen (secondary N) is 2. The molecule has 1 aromatic carbocycles. The standard InChI is InChI=1S/C16H26N2/c1-12-7-8-13(16(2,3)4)10-15(12)18-11-14-6-5-9-17-14/h7-8,10,14,17-18H,5-6,9,11H2,1-4H3. The first-order valence-electron chi connectivity index (χ1n) is 7.05. The molecule has 0 bridgehead atoms. The van der Waals surface area contributed by atoms with Crippen LogP contribution in [0.4, 0.5) is 5.69 Å². The first-order chi connectivity index (χ1) is 8.47. The summed E-state index contributed by atoms with van der Waals surface area (Å²) in [4.78, 5) is 0. The molecule has 1 saturated heterocycles. The van der Waals surface area contributed by atoms with Crippen molar-refractivity contribution in [1.29, 1.82) is 0 Å². The number of benzene rings is 1. The molecular weight excluding hydrogens is 220 g/mol. The van der Waals surface area contributed by atoms with Gasteiger partial charge in [-0.3, -0.25) is 0 Å². The van der Waals surface area contributed by atoms with E-state index in [0.29, 0.717) is 6.04 Å². The molecule has 1 unspecified atom stereocenters. The van der Waals surface area contributed by atoms with Crippen LogP contribution in [0.25, 0.3) is 0 Å². The Kier molecular flexibility index (Phi) is 3.96. The van der Waals surface area contributed by atoms with Crippen molar-refractivity contribution >= 4 is 5.69 Å². The van der Waals surface area contributed by atoms with E-state index in [1.165, 1.54) is 36.2 Å². The van der Waals surface area contributed by atoms with Gasteiger partial charge in [0.1, 0.15) is 0 Å². The monoisotopic (exact) mass is 246 g/mol. The van der Waals surface area contributed by atoms with E-state index in [0.717, 1.165) is 6.54 Å². The summed E-state index contributed by atoms with van der Waals surface area (Å²) in [5.74, 6) is 0. The SMILES string of the molecule is Cc1ccc(C(C)(C)C)cc1NCC1CCCN1. The van der Waals surface area contributed by atoms with Gasteiger partial charge in [0.2, 0.25) is 0 Å². The first-order valence-corrected chi connectivity index (χ1v) is 7.05. The van der Waals surface area contributed by atoms with E-state index in [2.05, 4.69) is 56.5 Å². The zero-order chi connectivity index (χ0) is 13.2. The number of anilines is 1. The zero-order valence-corrected chi connectivity index (χ0v) is 12.1. The predicted molar refractivity (Wildman–Crippen MR) is 79.4 cm³/mol. The molecule has 0 spiro atoms. The second-order valence-corrected chi connectivity index (χ2v) is 6.45. The van der Waals surface area contributed by atoms with Crippen LogP contribution in [0.15, 0.2) is 18.2 Å². The molecule has 1 atom stereocenters. The van der Waals surface area contributed by atoms with Crippen LogP contribution in [0.3, 0.4) is 0 Å². The average Bonchev–Trinajstić information content (AvgIpc) is 2.79. The summed E-state index contributed by atoms with van der Waals surface area (Å²) in [6.45, 7) is 11.2. The van der Waals surface area contributed by atoms with E-state index in [1.54, 1.807) is 0 Å². The van der Waals surface area contributed by atoms with Gasteiger partial charge in [-0.25, -0.2) is 0 Å². The van der Waals surface area contributed by atoms with Gasteiger partial charge in [0.25, 0.3) is 0 Å². The minimum atomic E-state index is 0.218. The Hall–Kier alpha value is -1.02. The fourth-order valence-electron chi connectivity index (χ4n) is 2.44. The van der Waals surface area contributed by atoms with Gasteiger partial charge in [-0.15, -0.1) is 0 Å². The van der Waals surface area contributed by atoms with Crippen molar-refractivity contribution in [3.8, 4) is 0 Å². The van der Waals surface area contributed by atoms with E-state index in [4.69, 9.17) is 0 Å². The van der Waals surface area contributed by atoms with E-state index in [1.807, 2.05) is 0 Å². The summed E-state index contributed by atoms with van der Waals surface area (Å²) in [7, 11) is 0. The number of aryl methyl sites for hydroxylation is 1. The Morgan fingerprint density at radius 1 is 1.33 bits per heavy atom. The molecule has 2 N–H and O–H groups in total. The Balaban J connectivity index is 2.06. The van der Waals surface area contributed by atoms with Crippen molar-refractivity contribution in [3.05, 3.63) is 29.3 Å². The summed E-state index contributed by atoms with van der Waals surface area (Å²) in [5.41, 5.74) is 4.24. The molecule has 2 nitrogen and oxygen atoms in total. The quantitative estimate of drug-likeness (QED) is 0.853. The molecule has 18 heavy (non-hydrogen) atoms. The van der Waals surface area contributed by atoms with Crippen molar-refractivity contribution in [1.82, 2.24) is 5.32 Å².